The van der Waals surface area contributed by atoms with E-state index in [9.17, 15) is 4.79 Å². The molecule has 0 aliphatic heterocycles. The average Bonchev–Trinajstić information content (AvgIpc) is 3.11. The van der Waals surface area contributed by atoms with Crippen LogP contribution in [0.1, 0.15) is 5.89 Å². The summed E-state index contributed by atoms with van der Waals surface area (Å²) in [7, 11) is 0. The number of carbonyl (C=O) groups is 1. The Morgan fingerprint density at radius 1 is 1.12 bits per heavy atom. The van der Waals surface area contributed by atoms with Crippen LogP contribution in [0.4, 0.5) is 0 Å². The number of nitrogens with one attached hydrogen (secondary N) is 1. The summed E-state index contributed by atoms with van der Waals surface area (Å²) in [5, 5.41) is 7.29. The number of amides is 1. The van der Waals surface area contributed by atoms with Crippen LogP contribution in [0.25, 0.3) is 11.4 Å². The highest BCUT2D eigenvalue weighted by atomic mass is 35.5. The van der Waals surface area contributed by atoms with Crippen LogP contribution in [0, 0.1) is 0 Å². The first-order chi connectivity index (χ1) is 12.2. The molecule has 0 spiro atoms. The van der Waals surface area contributed by atoms with Crippen molar-refractivity contribution in [3.63, 3.8) is 0 Å². The maximum Gasteiger partial charge on any atom is 0.257 e. The Morgan fingerprint density at radius 2 is 1.88 bits per heavy atom. The number of aromatic nitrogens is 2. The second-order valence-electron chi connectivity index (χ2n) is 5.22. The molecule has 0 bridgehead atoms. The minimum Gasteiger partial charge on any atom is -0.484 e. The second kappa shape index (κ2) is 8.30. The van der Waals surface area contributed by atoms with Crippen molar-refractivity contribution in [1.29, 1.82) is 0 Å². The Morgan fingerprint density at radius 3 is 2.64 bits per heavy atom. The Kier molecular flexibility index (Phi) is 5.64. The number of halogens is 1. The van der Waals surface area contributed by atoms with E-state index in [-0.39, 0.29) is 12.5 Å². The summed E-state index contributed by atoms with van der Waals surface area (Å²) in [6.45, 7) is 0.319. The lowest BCUT2D eigenvalue weighted by Crippen LogP contribution is -2.30. The summed E-state index contributed by atoms with van der Waals surface area (Å²) in [6.07, 6.45) is 0.451. The average molecular weight is 358 g/mol. The van der Waals surface area contributed by atoms with Gasteiger partial charge < -0.3 is 14.6 Å². The highest BCUT2D eigenvalue weighted by Crippen LogP contribution is 2.16. The van der Waals surface area contributed by atoms with Gasteiger partial charge in [0.1, 0.15) is 5.75 Å². The highest BCUT2D eigenvalue weighted by Gasteiger charge is 2.09. The van der Waals surface area contributed by atoms with Crippen molar-refractivity contribution in [1.82, 2.24) is 15.5 Å². The Hall–Kier alpha value is -2.86. The number of hydrogen-bond acceptors (Lipinski definition) is 5. The quantitative estimate of drug-likeness (QED) is 0.703. The van der Waals surface area contributed by atoms with E-state index in [1.54, 1.807) is 24.3 Å². The van der Waals surface area contributed by atoms with E-state index >= 15 is 0 Å². The SMILES string of the molecule is O=C(COc1ccc(Cl)cc1)NCCc1nc(-c2ccccc2)no1. The summed E-state index contributed by atoms with van der Waals surface area (Å²) < 4.78 is 10.6. The summed E-state index contributed by atoms with van der Waals surface area (Å²) >= 11 is 5.79. The van der Waals surface area contributed by atoms with Crippen LogP contribution in [0.3, 0.4) is 0 Å². The fourth-order valence-electron chi connectivity index (χ4n) is 2.10. The Balaban J connectivity index is 1.41. The number of carbonyl (C=O) groups excluding carboxylic acids is 1. The van der Waals surface area contributed by atoms with Gasteiger partial charge in [-0.25, -0.2) is 0 Å². The summed E-state index contributed by atoms with van der Waals surface area (Å²) in [6, 6.07) is 16.4. The first-order valence-electron chi connectivity index (χ1n) is 7.74. The molecule has 0 saturated heterocycles. The highest BCUT2D eigenvalue weighted by molar-refractivity contribution is 6.30. The smallest absolute Gasteiger partial charge is 0.257 e. The van der Waals surface area contributed by atoms with E-state index in [0.29, 0.717) is 35.5 Å². The maximum atomic E-state index is 11.8. The number of hydrogen-bond donors (Lipinski definition) is 1. The summed E-state index contributed by atoms with van der Waals surface area (Å²) in [5.74, 6) is 1.37. The van der Waals surface area contributed by atoms with Crippen molar-refractivity contribution in [2.75, 3.05) is 13.2 Å². The molecule has 0 fully saturated rings. The Bertz CT molecular complexity index is 819. The molecule has 1 N–H and O–H groups in total. The Labute approximate surface area is 149 Å². The van der Waals surface area contributed by atoms with Crippen LogP contribution >= 0.6 is 11.6 Å². The third-order valence-corrected chi connectivity index (χ3v) is 3.60. The number of benzene rings is 2. The van der Waals surface area contributed by atoms with Gasteiger partial charge in [-0.1, -0.05) is 47.1 Å². The zero-order valence-corrected chi connectivity index (χ0v) is 14.1. The molecule has 2 aromatic carbocycles. The third-order valence-electron chi connectivity index (χ3n) is 3.34. The van der Waals surface area contributed by atoms with Crippen LogP contribution in [0.2, 0.25) is 5.02 Å². The molecule has 0 aliphatic rings. The van der Waals surface area contributed by atoms with Crippen molar-refractivity contribution in [3.8, 4) is 17.1 Å². The van der Waals surface area contributed by atoms with Crippen LogP contribution in [-0.2, 0) is 11.2 Å². The standard InChI is InChI=1S/C18H16ClN3O3/c19-14-6-8-15(9-7-14)24-12-16(23)20-11-10-17-21-18(22-25-17)13-4-2-1-3-5-13/h1-9H,10-12H2,(H,20,23). The predicted octanol–water partition coefficient (Wildman–Crippen LogP) is 3.13. The van der Waals surface area contributed by atoms with Gasteiger partial charge in [-0.15, -0.1) is 0 Å². The number of nitrogens with zero attached hydrogens (tertiary/aromatic N) is 2. The van der Waals surface area contributed by atoms with E-state index < -0.39 is 0 Å². The van der Waals surface area contributed by atoms with E-state index in [1.807, 2.05) is 30.3 Å². The van der Waals surface area contributed by atoms with Crippen molar-refractivity contribution in [2.45, 2.75) is 6.42 Å². The third kappa shape index (κ3) is 5.06. The molecule has 1 heterocycles. The second-order valence-corrected chi connectivity index (χ2v) is 5.66. The monoisotopic (exact) mass is 357 g/mol. The molecule has 3 rings (SSSR count). The van der Waals surface area contributed by atoms with E-state index in [1.165, 1.54) is 0 Å². The molecule has 1 aromatic heterocycles. The lowest BCUT2D eigenvalue weighted by molar-refractivity contribution is -0.123. The van der Waals surface area contributed by atoms with Crippen molar-refractivity contribution in [3.05, 3.63) is 65.5 Å². The van der Waals surface area contributed by atoms with Crippen LogP contribution in [0.5, 0.6) is 5.75 Å². The van der Waals surface area contributed by atoms with E-state index in [2.05, 4.69) is 15.5 Å². The molecule has 0 saturated carbocycles. The molecule has 128 valence electrons. The van der Waals surface area contributed by atoms with Gasteiger partial charge in [0.2, 0.25) is 11.7 Å². The van der Waals surface area contributed by atoms with Crippen LogP contribution < -0.4 is 10.1 Å². The fraction of sp³-hybridized carbons (Fsp3) is 0.167. The lowest BCUT2D eigenvalue weighted by atomic mass is 10.2. The topological polar surface area (TPSA) is 77.2 Å². The molecule has 6 nitrogen and oxygen atoms in total. The molecular weight excluding hydrogens is 342 g/mol. The molecule has 0 aliphatic carbocycles. The van der Waals surface area contributed by atoms with Crippen molar-refractivity contribution in [2.24, 2.45) is 0 Å². The molecular formula is C18H16ClN3O3. The molecule has 1 amide bonds. The summed E-state index contributed by atoms with van der Waals surface area (Å²) in [4.78, 5) is 16.1. The van der Waals surface area contributed by atoms with E-state index in [4.69, 9.17) is 20.9 Å². The molecule has 0 atom stereocenters. The van der Waals surface area contributed by atoms with Gasteiger partial charge in [0, 0.05) is 23.6 Å². The minimum atomic E-state index is -0.224. The molecule has 3 aromatic rings. The normalized spacial score (nSPS) is 10.4. The summed E-state index contributed by atoms with van der Waals surface area (Å²) in [5.41, 5.74) is 0.887. The zero-order chi connectivity index (χ0) is 17.5. The fourth-order valence-corrected chi connectivity index (χ4v) is 2.23. The van der Waals surface area contributed by atoms with Crippen LogP contribution in [0.15, 0.2) is 59.1 Å². The van der Waals surface area contributed by atoms with Gasteiger partial charge in [-0.3, -0.25) is 4.79 Å². The maximum absolute atomic E-state index is 11.8. The van der Waals surface area contributed by atoms with Gasteiger partial charge in [0.25, 0.3) is 5.91 Å². The molecule has 25 heavy (non-hydrogen) atoms. The number of ether oxygens (including phenoxy) is 1. The van der Waals surface area contributed by atoms with Gasteiger partial charge in [0.15, 0.2) is 6.61 Å². The first kappa shape index (κ1) is 17.0. The number of rotatable bonds is 7. The van der Waals surface area contributed by atoms with Gasteiger partial charge in [-0.2, -0.15) is 4.98 Å². The van der Waals surface area contributed by atoms with Gasteiger partial charge >= 0.3 is 0 Å². The van der Waals surface area contributed by atoms with Gasteiger partial charge in [0.05, 0.1) is 0 Å². The molecule has 0 unspecified atom stereocenters. The molecule has 7 heteroatoms. The predicted molar refractivity (Wildman–Crippen MR) is 93.4 cm³/mol. The minimum absolute atomic E-state index is 0.0687. The van der Waals surface area contributed by atoms with E-state index in [0.717, 1.165) is 5.56 Å². The van der Waals surface area contributed by atoms with Crippen molar-refractivity contribution >= 4 is 17.5 Å². The van der Waals surface area contributed by atoms with Gasteiger partial charge in [-0.05, 0) is 24.3 Å². The lowest BCUT2D eigenvalue weighted by Gasteiger charge is -2.06. The first-order valence-corrected chi connectivity index (χ1v) is 8.11. The largest absolute Gasteiger partial charge is 0.484 e. The van der Waals surface area contributed by atoms with Crippen LogP contribution in [-0.4, -0.2) is 29.2 Å². The zero-order valence-electron chi connectivity index (χ0n) is 13.3. The van der Waals surface area contributed by atoms with Crippen molar-refractivity contribution < 1.29 is 14.1 Å². The molecule has 0 radical (unpaired) electrons.